The number of hydrogen-bond acceptors (Lipinski definition) is 2. The molecule has 1 heterocycles. The summed E-state index contributed by atoms with van der Waals surface area (Å²) < 4.78 is 2.21. The monoisotopic (exact) mass is 249 g/mol. The molecule has 0 spiro atoms. The molecule has 0 amide bonds. The molecule has 0 aliphatic heterocycles. The van der Waals surface area contributed by atoms with E-state index in [1.807, 2.05) is 0 Å². The Morgan fingerprint density at radius 3 is 2.83 bits per heavy atom. The Balaban J connectivity index is 1.75. The Bertz CT molecular complexity index is 337. The highest BCUT2D eigenvalue weighted by atomic mass is 15.3. The van der Waals surface area contributed by atoms with Crippen molar-refractivity contribution in [1.29, 1.82) is 0 Å². The van der Waals surface area contributed by atoms with Crippen molar-refractivity contribution in [2.75, 3.05) is 6.54 Å². The van der Waals surface area contributed by atoms with E-state index in [0.717, 1.165) is 13.0 Å². The predicted molar refractivity (Wildman–Crippen MR) is 75.8 cm³/mol. The Hall–Kier alpha value is -0.830. The van der Waals surface area contributed by atoms with Gasteiger partial charge in [0.15, 0.2) is 0 Å². The van der Waals surface area contributed by atoms with E-state index < -0.39 is 0 Å². The Morgan fingerprint density at radius 1 is 1.33 bits per heavy atom. The molecule has 1 N–H and O–H groups in total. The largest absolute Gasteiger partial charge is 0.315 e. The zero-order valence-electron chi connectivity index (χ0n) is 11.9. The SMILES string of the molecule is CC(C)NCCCc1cnn(C2CCCCC2)c1. The Morgan fingerprint density at radius 2 is 2.11 bits per heavy atom. The summed E-state index contributed by atoms with van der Waals surface area (Å²) in [4.78, 5) is 0. The minimum atomic E-state index is 0.593. The number of aryl methyl sites for hydroxylation is 1. The number of rotatable bonds is 6. The summed E-state index contributed by atoms with van der Waals surface area (Å²) in [5.41, 5.74) is 1.39. The Kier molecular flexibility index (Phi) is 5.24. The highest BCUT2D eigenvalue weighted by Gasteiger charge is 2.15. The van der Waals surface area contributed by atoms with Crippen LogP contribution in [0.2, 0.25) is 0 Å². The van der Waals surface area contributed by atoms with Crippen LogP contribution in [0.5, 0.6) is 0 Å². The first-order valence-electron chi connectivity index (χ1n) is 7.52. The molecule has 1 saturated carbocycles. The molecule has 3 heteroatoms. The number of nitrogens with zero attached hydrogens (tertiary/aromatic N) is 2. The van der Waals surface area contributed by atoms with Crippen molar-refractivity contribution in [3.8, 4) is 0 Å². The van der Waals surface area contributed by atoms with Gasteiger partial charge >= 0.3 is 0 Å². The first-order valence-corrected chi connectivity index (χ1v) is 7.52. The molecule has 18 heavy (non-hydrogen) atoms. The average Bonchev–Trinajstić information content (AvgIpc) is 2.84. The molecule has 0 radical (unpaired) electrons. The third-order valence-electron chi connectivity index (χ3n) is 3.80. The van der Waals surface area contributed by atoms with E-state index >= 15 is 0 Å². The van der Waals surface area contributed by atoms with E-state index in [1.165, 1.54) is 44.1 Å². The topological polar surface area (TPSA) is 29.9 Å². The predicted octanol–water partition coefficient (Wildman–Crippen LogP) is 3.32. The molecule has 1 aliphatic carbocycles. The lowest BCUT2D eigenvalue weighted by Gasteiger charge is -2.21. The van der Waals surface area contributed by atoms with E-state index in [-0.39, 0.29) is 0 Å². The minimum absolute atomic E-state index is 0.593. The van der Waals surface area contributed by atoms with Crippen LogP contribution in [-0.4, -0.2) is 22.4 Å². The van der Waals surface area contributed by atoms with Gasteiger partial charge in [0, 0.05) is 12.2 Å². The zero-order chi connectivity index (χ0) is 12.8. The molecule has 1 aromatic heterocycles. The second-order valence-corrected chi connectivity index (χ2v) is 5.83. The highest BCUT2D eigenvalue weighted by Crippen LogP contribution is 2.27. The van der Waals surface area contributed by atoms with Crippen LogP contribution in [0.25, 0.3) is 0 Å². The van der Waals surface area contributed by atoms with E-state index in [0.29, 0.717) is 12.1 Å². The van der Waals surface area contributed by atoms with Gasteiger partial charge in [0.2, 0.25) is 0 Å². The maximum absolute atomic E-state index is 4.55. The van der Waals surface area contributed by atoms with Gasteiger partial charge in [-0.2, -0.15) is 5.10 Å². The third kappa shape index (κ3) is 4.13. The van der Waals surface area contributed by atoms with Gasteiger partial charge in [0.1, 0.15) is 0 Å². The summed E-state index contributed by atoms with van der Waals surface area (Å²) in [6.07, 6.45) is 13.5. The summed E-state index contributed by atoms with van der Waals surface area (Å²) >= 11 is 0. The molecule has 0 saturated heterocycles. The molecule has 0 aromatic carbocycles. The molecule has 3 nitrogen and oxygen atoms in total. The van der Waals surface area contributed by atoms with E-state index in [1.54, 1.807) is 0 Å². The lowest BCUT2D eigenvalue weighted by molar-refractivity contribution is 0.329. The summed E-state index contributed by atoms with van der Waals surface area (Å²) in [6.45, 7) is 5.49. The van der Waals surface area contributed by atoms with Crippen molar-refractivity contribution in [3.05, 3.63) is 18.0 Å². The average molecular weight is 249 g/mol. The second-order valence-electron chi connectivity index (χ2n) is 5.83. The molecule has 1 aromatic rings. The van der Waals surface area contributed by atoms with Crippen LogP contribution >= 0.6 is 0 Å². The molecule has 2 rings (SSSR count). The van der Waals surface area contributed by atoms with Crippen molar-refractivity contribution < 1.29 is 0 Å². The molecular weight excluding hydrogens is 222 g/mol. The van der Waals surface area contributed by atoms with Crippen molar-refractivity contribution >= 4 is 0 Å². The van der Waals surface area contributed by atoms with Gasteiger partial charge in [-0.3, -0.25) is 4.68 Å². The summed E-state index contributed by atoms with van der Waals surface area (Å²) in [5.74, 6) is 0. The number of aromatic nitrogens is 2. The normalized spacial score (nSPS) is 17.5. The van der Waals surface area contributed by atoms with Gasteiger partial charge in [-0.15, -0.1) is 0 Å². The molecule has 102 valence electrons. The van der Waals surface area contributed by atoms with Crippen molar-refractivity contribution in [2.45, 2.75) is 70.9 Å². The van der Waals surface area contributed by atoms with Crippen molar-refractivity contribution in [2.24, 2.45) is 0 Å². The molecule has 0 bridgehead atoms. The number of nitrogens with one attached hydrogen (secondary N) is 1. The lowest BCUT2D eigenvalue weighted by Crippen LogP contribution is -2.23. The van der Waals surface area contributed by atoms with Gasteiger partial charge in [-0.25, -0.2) is 0 Å². The highest BCUT2D eigenvalue weighted by molar-refractivity contribution is 5.04. The Labute approximate surface area is 111 Å². The van der Waals surface area contributed by atoms with Crippen molar-refractivity contribution in [3.63, 3.8) is 0 Å². The summed E-state index contributed by atoms with van der Waals surface area (Å²) in [6, 6.07) is 1.26. The van der Waals surface area contributed by atoms with Crippen LogP contribution in [0, 0.1) is 0 Å². The first-order chi connectivity index (χ1) is 8.75. The van der Waals surface area contributed by atoms with Crippen LogP contribution in [-0.2, 0) is 6.42 Å². The summed E-state index contributed by atoms with van der Waals surface area (Å²) in [5, 5.41) is 8.01. The molecule has 0 atom stereocenters. The molecule has 1 fully saturated rings. The van der Waals surface area contributed by atoms with Crippen LogP contribution in [0.3, 0.4) is 0 Å². The fourth-order valence-electron chi connectivity index (χ4n) is 2.74. The smallest absolute Gasteiger partial charge is 0.0521 e. The van der Waals surface area contributed by atoms with E-state index in [2.05, 4.69) is 41.3 Å². The van der Waals surface area contributed by atoms with Crippen molar-refractivity contribution in [1.82, 2.24) is 15.1 Å². The second kappa shape index (κ2) is 6.93. The lowest BCUT2D eigenvalue weighted by atomic mass is 9.96. The van der Waals surface area contributed by atoms with Gasteiger partial charge < -0.3 is 5.32 Å². The number of hydrogen-bond donors (Lipinski definition) is 1. The summed E-state index contributed by atoms with van der Waals surface area (Å²) in [7, 11) is 0. The van der Waals surface area contributed by atoms with E-state index in [4.69, 9.17) is 0 Å². The van der Waals surface area contributed by atoms with Gasteiger partial charge in [0.05, 0.1) is 12.2 Å². The quantitative estimate of drug-likeness (QED) is 0.784. The fraction of sp³-hybridized carbons (Fsp3) is 0.800. The van der Waals surface area contributed by atoms with Crippen LogP contribution in [0.15, 0.2) is 12.4 Å². The maximum Gasteiger partial charge on any atom is 0.0521 e. The van der Waals surface area contributed by atoms with Gasteiger partial charge in [-0.1, -0.05) is 33.1 Å². The maximum atomic E-state index is 4.55. The van der Waals surface area contributed by atoms with E-state index in [9.17, 15) is 0 Å². The van der Waals surface area contributed by atoms with Gasteiger partial charge in [0.25, 0.3) is 0 Å². The fourth-order valence-corrected chi connectivity index (χ4v) is 2.74. The standard InChI is InChI=1S/C15H27N3/c1-13(2)16-10-6-7-14-11-17-18(12-14)15-8-4-3-5-9-15/h11-13,15-16H,3-10H2,1-2H3. The van der Waals surface area contributed by atoms with Gasteiger partial charge in [-0.05, 0) is 37.8 Å². The minimum Gasteiger partial charge on any atom is -0.315 e. The molecule has 1 aliphatic rings. The van der Waals surface area contributed by atoms with Crippen LogP contribution in [0.4, 0.5) is 0 Å². The first kappa shape index (κ1) is 13.6. The third-order valence-corrected chi connectivity index (χ3v) is 3.80. The van der Waals surface area contributed by atoms with Crippen LogP contribution < -0.4 is 5.32 Å². The zero-order valence-corrected chi connectivity index (χ0v) is 11.9. The van der Waals surface area contributed by atoms with Crippen LogP contribution in [0.1, 0.15) is 64.0 Å². The molecular formula is C15H27N3. The molecule has 0 unspecified atom stereocenters.